The SMILES string of the molecule is CC(C)C(NC(=O)c1cc(-c2ccc(NC(=O)Nc3c(Cl)cccc3C(F)(F)F)cc2)no1)C(=O)O. The molecule has 0 radical (unpaired) electrons. The van der Waals surface area contributed by atoms with E-state index in [4.69, 9.17) is 16.1 Å². The topological polar surface area (TPSA) is 134 Å². The molecule has 13 heteroatoms. The summed E-state index contributed by atoms with van der Waals surface area (Å²) >= 11 is 5.84. The molecular formula is C23H20ClF3N4O5. The molecule has 36 heavy (non-hydrogen) atoms. The maximum Gasteiger partial charge on any atom is 0.418 e. The fourth-order valence-electron chi connectivity index (χ4n) is 3.13. The molecule has 3 amide bonds. The van der Waals surface area contributed by atoms with Crippen molar-refractivity contribution in [3.8, 4) is 11.3 Å². The Morgan fingerprint density at radius 3 is 2.31 bits per heavy atom. The van der Waals surface area contributed by atoms with Crippen LogP contribution in [0.25, 0.3) is 11.3 Å². The maximum atomic E-state index is 13.2. The van der Waals surface area contributed by atoms with E-state index in [0.29, 0.717) is 5.56 Å². The van der Waals surface area contributed by atoms with Crippen LogP contribution in [0.3, 0.4) is 0 Å². The maximum absolute atomic E-state index is 13.2. The lowest BCUT2D eigenvalue weighted by atomic mass is 10.0. The van der Waals surface area contributed by atoms with E-state index < -0.39 is 41.4 Å². The molecule has 1 heterocycles. The highest BCUT2D eigenvalue weighted by Crippen LogP contribution is 2.38. The number of carboxylic acids is 1. The van der Waals surface area contributed by atoms with Crippen LogP contribution >= 0.6 is 11.6 Å². The molecule has 0 aliphatic carbocycles. The highest BCUT2D eigenvalue weighted by atomic mass is 35.5. The minimum Gasteiger partial charge on any atom is -0.480 e. The summed E-state index contributed by atoms with van der Waals surface area (Å²) < 4.78 is 44.6. The molecule has 3 aromatic rings. The molecule has 190 valence electrons. The first-order chi connectivity index (χ1) is 16.9. The number of alkyl halides is 3. The number of amides is 3. The van der Waals surface area contributed by atoms with Crippen molar-refractivity contribution in [3.05, 3.63) is 64.9 Å². The molecule has 1 aromatic heterocycles. The van der Waals surface area contributed by atoms with Crippen molar-refractivity contribution in [2.45, 2.75) is 26.1 Å². The lowest BCUT2D eigenvalue weighted by Crippen LogP contribution is -2.44. The van der Waals surface area contributed by atoms with E-state index in [9.17, 15) is 32.7 Å². The normalized spacial score (nSPS) is 12.2. The highest BCUT2D eigenvalue weighted by Gasteiger charge is 2.35. The molecule has 0 spiro atoms. The number of hydrogen-bond donors (Lipinski definition) is 4. The third kappa shape index (κ3) is 6.33. The number of aliphatic carboxylic acids is 1. The first-order valence-corrected chi connectivity index (χ1v) is 10.8. The van der Waals surface area contributed by atoms with E-state index in [1.165, 1.54) is 36.4 Å². The standard InChI is InChI=1S/C23H20ClF3N4O5/c1-11(2)18(21(33)34)29-20(32)17-10-16(31-36-17)12-6-8-13(9-7-12)28-22(35)30-19-14(23(25,26)27)4-3-5-15(19)24/h3-11,18H,1-2H3,(H,29,32)(H,33,34)(H2,28,30,35). The number of urea groups is 1. The smallest absolute Gasteiger partial charge is 0.418 e. The van der Waals surface area contributed by atoms with E-state index in [2.05, 4.69) is 21.1 Å². The number of nitrogens with one attached hydrogen (secondary N) is 3. The molecule has 0 bridgehead atoms. The lowest BCUT2D eigenvalue weighted by molar-refractivity contribution is -0.140. The van der Waals surface area contributed by atoms with Crippen LogP contribution in [0, 0.1) is 5.92 Å². The summed E-state index contributed by atoms with van der Waals surface area (Å²) in [6, 6.07) is 8.38. The summed E-state index contributed by atoms with van der Waals surface area (Å²) in [6.07, 6.45) is -4.72. The molecule has 0 saturated heterocycles. The van der Waals surface area contributed by atoms with E-state index in [-0.39, 0.29) is 28.1 Å². The highest BCUT2D eigenvalue weighted by molar-refractivity contribution is 6.34. The zero-order valence-corrected chi connectivity index (χ0v) is 19.6. The average Bonchev–Trinajstić information content (AvgIpc) is 3.28. The predicted octanol–water partition coefficient (Wildman–Crippen LogP) is 5.50. The molecule has 1 atom stereocenters. The molecule has 2 aromatic carbocycles. The fourth-order valence-corrected chi connectivity index (χ4v) is 3.35. The van der Waals surface area contributed by atoms with Gasteiger partial charge in [-0.3, -0.25) is 4.79 Å². The van der Waals surface area contributed by atoms with E-state index >= 15 is 0 Å². The monoisotopic (exact) mass is 524 g/mol. The third-order valence-corrected chi connectivity index (χ3v) is 5.26. The lowest BCUT2D eigenvalue weighted by Gasteiger charge is -2.16. The van der Waals surface area contributed by atoms with Gasteiger partial charge in [-0.25, -0.2) is 9.59 Å². The van der Waals surface area contributed by atoms with Crippen molar-refractivity contribution >= 4 is 40.9 Å². The number of nitrogens with zero attached hydrogens (tertiary/aromatic N) is 1. The number of carbonyl (C=O) groups is 3. The Labute approximate surface area is 207 Å². The second kappa shape index (κ2) is 10.7. The number of hydrogen-bond acceptors (Lipinski definition) is 5. The number of anilines is 2. The van der Waals surface area contributed by atoms with Gasteiger partial charge in [-0.15, -0.1) is 0 Å². The van der Waals surface area contributed by atoms with Gasteiger partial charge >= 0.3 is 18.2 Å². The van der Waals surface area contributed by atoms with Gasteiger partial charge in [0.2, 0.25) is 5.76 Å². The summed E-state index contributed by atoms with van der Waals surface area (Å²) in [5.74, 6) is -2.49. The molecule has 0 saturated carbocycles. The van der Waals surface area contributed by atoms with Gasteiger partial charge in [0.05, 0.1) is 16.3 Å². The van der Waals surface area contributed by atoms with Crippen molar-refractivity contribution < 1.29 is 37.2 Å². The summed E-state index contributed by atoms with van der Waals surface area (Å²) in [5, 5.41) is 19.6. The van der Waals surface area contributed by atoms with E-state index in [1.807, 2.05) is 0 Å². The van der Waals surface area contributed by atoms with Gasteiger partial charge < -0.3 is 25.6 Å². The summed E-state index contributed by atoms with van der Waals surface area (Å²) in [4.78, 5) is 35.8. The zero-order valence-electron chi connectivity index (χ0n) is 18.8. The van der Waals surface area contributed by atoms with Crippen molar-refractivity contribution in [2.75, 3.05) is 10.6 Å². The number of carbonyl (C=O) groups excluding carboxylic acids is 2. The molecule has 0 fully saturated rings. The fraction of sp³-hybridized carbons (Fsp3) is 0.217. The number of carboxylic acid groups (broad SMARTS) is 1. The Hall–Kier alpha value is -4.06. The molecule has 0 aliphatic rings. The van der Waals surface area contributed by atoms with E-state index in [1.54, 1.807) is 13.8 Å². The van der Waals surface area contributed by atoms with Gasteiger partial charge in [0.15, 0.2) is 0 Å². The Morgan fingerprint density at radius 1 is 1.06 bits per heavy atom. The van der Waals surface area contributed by atoms with Crippen LogP contribution in [0.5, 0.6) is 0 Å². The second-order valence-corrected chi connectivity index (χ2v) is 8.33. The number of halogens is 4. The molecule has 3 rings (SSSR count). The van der Waals surface area contributed by atoms with Crippen molar-refractivity contribution in [3.63, 3.8) is 0 Å². The Kier molecular flexibility index (Phi) is 7.88. The van der Waals surface area contributed by atoms with Crippen molar-refractivity contribution in [1.82, 2.24) is 10.5 Å². The second-order valence-electron chi connectivity index (χ2n) is 7.93. The van der Waals surface area contributed by atoms with Crippen LogP contribution in [0.4, 0.5) is 29.3 Å². The minimum atomic E-state index is -4.72. The first kappa shape index (κ1) is 26.5. The summed E-state index contributed by atoms with van der Waals surface area (Å²) in [6.45, 7) is 3.29. The van der Waals surface area contributed by atoms with E-state index in [0.717, 1.165) is 12.1 Å². The summed E-state index contributed by atoms with van der Waals surface area (Å²) in [7, 11) is 0. The van der Waals surface area contributed by atoms with Gasteiger partial charge in [-0.05, 0) is 30.2 Å². The van der Waals surface area contributed by atoms with Crippen LogP contribution in [0.1, 0.15) is 30.0 Å². The van der Waals surface area contributed by atoms with Crippen LogP contribution in [-0.4, -0.2) is 34.2 Å². The Morgan fingerprint density at radius 2 is 1.72 bits per heavy atom. The Balaban J connectivity index is 1.68. The van der Waals surface area contributed by atoms with Crippen LogP contribution in [0.2, 0.25) is 5.02 Å². The van der Waals surface area contributed by atoms with Crippen LogP contribution in [0.15, 0.2) is 53.1 Å². The molecule has 0 aliphatic heterocycles. The van der Waals surface area contributed by atoms with Crippen LogP contribution < -0.4 is 16.0 Å². The van der Waals surface area contributed by atoms with Gasteiger partial charge in [0, 0.05) is 17.3 Å². The van der Waals surface area contributed by atoms with Crippen molar-refractivity contribution in [2.24, 2.45) is 5.92 Å². The van der Waals surface area contributed by atoms with Crippen LogP contribution in [-0.2, 0) is 11.0 Å². The number of para-hydroxylation sites is 1. The number of rotatable bonds is 7. The summed E-state index contributed by atoms with van der Waals surface area (Å²) in [5.41, 5.74) is -0.655. The third-order valence-electron chi connectivity index (χ3n) is 4.95. The predicted molar refractivity (Wildman–Crippen MR) is 125 cm³/mol. The number of benzene rings is 2. The quantitative estimate of drug-likeness (QED) is 0.322. The van der Waals surface area contributed by atoms with Gasteiger partial charge in [-0.2, -0.15) is 13.2 Å². The van der Waals surface area contributed by atoms with Crippen molar-refractivity contribution in [1.29, 1.82) is 0 Å². The molecule has 9 nitrogen and oxygen atoms in total. The van der Waals surface area contributed by atoms with Gasteiger partial charge in [0.1, 0.15) is 11.7 Å². The molecule has 1 unspecified atom stereocenters. The minimum absolute atomic E-state index is 0.196. The van der Waals surface area contributed by atoms with Gasteiger partial charge in [-0.1, -0.05) is 48.8 Å². The average molecular weight is 525 g/mol. The number of aromatic nitrogens is 1. The largest absolute Gasteiger partial charge is 0.480 e. The zero-order chi connectivity index (χ0) is 26.6. The van der Waals surface area contributed by atoms with Gasteiger partial charge in [0.25, 0.3) is 5.91 Å². The molecular weight excluding hydrogens is 505 g/mol. The molecule has 4 N–H and O–H groups in total. The Bertz CT molecular complexity index is 1280. The first-order valence-electron chi connectivity index (χ1n) is 10.4.